The van der Waals surface area contributed by atoms with Crippen LogP contribution in [0.5, 0.6) is 0 Å². The molecule has 0 spiro atoms. The molecular weight excluding hydrogens is 226 g/mol. The van der Waals surface area contributed by atoms with Gasteiger partial charge in [-0.3, -0.25) is 4.79 Å². The maximum Gasteiger partial charge on any atom is 0.239 e. The van der Waals surface area contributed by atoms with Crippen molar-refractivity contribution in [2.24, 2.45) is 10.2 Å². The normalized spacial score (nSPS) is 23.2. The first-order chi connectivity index (χ1) is 7.79. The van der Waals surface area contributed by atoms with Crippen molar-refractivity contribution >= 4 is 29.1 Å². The van der Waals surface area contributed by atoms with E-state index in [2.05, 4.69) is 15.5 Å². The van der Waals surface area contributed by atoms with Gasteiger partial charge in [-0.05, 0) is 18.6 Å². The molecule has 1 amide bonds. The lowest BCUT2D eigenvalue weighted by atomic mass is 10.3. The van der Waals surface area contributed by atoms with Crippen molar-refractivity contribution in [2.45, 2.75) is 18.6 Å². The molecular formula is C10H11N3O2S. The topological polar surface area (TPSA) is 67.0 Å². The van der Waals surface area contributed by atoms with Gasteiger partial charge in [0.1, 0.15) is 5.76 Å². The van der Waals surface area contributed by atoms with E-state index >= 15 is 0 Å². The van der Waals surface area contributed by atoms with Gasteiger partial charge in [0.05, 0.1) is 17.7 Å². The van der Waals surface area contributed by atoms with E-state index in [4.69, 9.17) is 4.42 Å². The molecule has 16 heavy (non-hydrogen) atoms. The van der Waals surface area contributed by atoms with Gasteiger partial charge in [-0.25, -0.2) is 0 Å². The van der Waals surface area contributed by atoms with E-state index in [1.165, 1.54) is 18.0 Å². The predicted molar refractivity (Wildman–Crippen MR) is 63.5 cm³/mol. The van der Waals surface area contributed by atoms with Gasteiger partial charge in [0, 0.05) is 0 Å². The summed E-state index contributed by atoms with van der Waals surface area (Å²) in [6.45, 7) is 1.96. The van der Waals surface area contributed by atoms with Gasteiger partial charge < -0.3 is 9.73 Å². The molecule has 1 aromatic rings. The summed E-state index contributed by atoms with van der Waals surface area (Å²) in [4.78, 5) is 11.3. The summed E-state index contributed by atoms with van der Waals surface area (Å²) < 4.78 is 5.05. The van der Waals surface area contributed by atoms with E-state index in [-0.39, 0.29) is 11.2 Å². The molecule has 0 aliphatic carbocycles. The Morgan fingerprint density at radius 1 is 1.69 bits per heavy atom. The Kier molecular flexibility index (Phi) is 3.40. The summed E-state index contributed by atoms with van der Waals surface area (Å²) in [7, 11) is 0. The molecule has 1 aliphatic rings. The number of hydrogen-bond acceptors (Lipinski definition) is 5. The van der Waals surface area contributed by atoms with Crippen LogP contribution < -0.4 is 5.32 Å². The second-order valence-corrected chi connectivity index (χ2v) is 4.36. The lowest BCUT2D eigenvalue weighted by Crippen LogP contribution is -2.24. The summed E-state index contributed by atoms with van der Waals surface area (Å²) in [6.07, 6.45) is 3.85. The highest BCUT2D eigenvalue weighted by atomic mass is 32.2. The Morgan fingerprint density at radius 3 is 3.19 bits per heavy atom. The number of carbonyl (C=O) groups excluding carboxylic acids is 1. The molecule has 5 nitrogen and oxygen atoms in total. The van der Waals surface area contributed by atoms with Crippen LogP contribution in [0.3, 0.4) is 0 Å². The average molecular weight is 237 g/mol. The van der Waals surface area contributed by atoms with Gasteiger partial charge in [-0.2, -0.15) is 5.10 Å². The summed E-state index contributed by atoms with van der Waals surface area (Å²) in [5.41, 5.74) is 0. The van der Waals surface area contributed by atoms with Crippen molar-refractivity contribution in [3.63, 3.8) is 0 Å². The number of carbonyl (C=O) groups is 1. The van der Waals surface area contributed by atoms with E-state index in [1.54, 1.807) is 18.4 Å². The molecule has 1 atom stereocenters. The molecule has 1 saturated heterocycles. The summed E-state index contributed by atoms with van der Waals surface area (Å²) in [5, 5.41) is 10.9. The maximum atomic E-state index is 11.3. The molecule has 2 rings (SSSR count). The standard InChI is InChI=1S/C10H11N3O2S/c1-2-8-9(14)12-10(16-8)13-11-6-7-4-3-5-15-7/h3-6,8H,2H2,1H3,(H,12,13,14)/b11-6-. The second-order valence-electron chi connectivity index (χ2n) is 3.17. The SMILES string of the molecule is CCC1S/C(=N\N=C/c2ccco2)NC1=O. The van der Waals surface area contributed by atoms with Crippen LogP contribution in [-0.2, 0) is 4.79 Å². The zero-order valence-corrected chi connectivity index (χ0v) is 9.53. The van der Waals surface area contributed by atoms with Crippen LogP contribution in [0.2, 0.25) is 0 Å². The fraction of sp³-hybridized carbons (Fsp3) is 0.300. The zero-order valence-electron chi connectivity index (χ0n) is 8.71. The highest BCUT2D eigenvalue weighted by Crippen LogP contribution is 2.21. The van der Waals surface area contributed by atoms with Crippen molar-refractivity contribution in [1.29, 1.82) is 0 Å². The van der Waals surface area contributed by atoms with Gasteiger partial charge >= 0.3 is 0 Å². The molecule has 1 unspecified atom stereocenters. The Bertz CT molecular complexity index is 425. The summed E-state index contributed by atoms with van der Waals surface area (Å²) >= 11 is 1.40. The highest BCUT2D eigenvalue weighted by Gasteiger charge is 2.28. The van der Waals surface area contributed by atoms with Crippen molar-refractivity contribution in [3.8, 4) is 0 Å². The third-order valence-electron chi connectivity index (χ3n) is 2.02. The summed E-state index contributed by atoms with van der Waals surface area (Å²) in [5.74, 6) is 0.630. The summed E-state index contributed by atoms with van der Waals surface area (Å²) in [6, 6.07) is 3.55. The second kappa shape index (κ2) is 4.98. The first kappa shape index (κ1) is 10.9. The van der Waals surface area contributed by atoms with Gasteiger partial charge in [0.15, 0.2) is 5.17 Å². The monoisotopic (exact) mass is 237 g/mol. The van der Waals surface area contributed by atoms with Crippen LogP contribution >= 0.6 is 11.8 Å². The predicted octanol–water partition coefficient (Wildman–Crippen LogP) is 1.61. The minimum atomic E-state index is -0.0439. The van der Waals surface area contributed by atoms with Crippen LogP contribution in [0.4, 0.5) is 0 Å². The van der Waals surface area contributed by atoms with Crippen molar-refractivity contribution in [3.05, 3.63) is 24.2 Å². The molecule has 6 heteroatoms. The number of rotatable bonds is 3. The Labute approximate surface area is 97.0 Å². The molecule has 1 N–H and O–H groups in total. The lowest BCUT2D eigenvalue weighted by Gasteiger charge is -1.95. The van der Waals surface area contributed by atoms with E-state index in [1.807, 2.05) is 6.92 Å². The molecule has 1 aliphatic heterocycles. The van der Waals surface area contributed by atoms with E-state index in [0.29, 0.717) is 10.9 Å². The van der Waals surface area contributed by atoms with Crippen LogP contribution in [-0.4, -0.2) is 22.5 Å². The molecule has 1 fully saturated rings. The number of amidine groups is 1. The largest absolute Gasteiger partial charge is 0.463 e. The van der Waals surface area contributed by atoms with Crippen molar-refractivity contribution in [1.82, 2.24) is 5.32 Å². The molecule has 0 radical (unpaired) electrons. The average Bonchev–Trinajstić information content (AvgIpc) is 2.88. The Hall–Kier alpha value is -1.56. The van der Waals surface area contributed by atoms with E-state index in [0.717, 1.165) is 6.42 Å². The van der Waals surface area contributed by atoms with Crippen molar-refractivity contribution < 1.29 is 9.21 Å². The lowest BCUT2D eigenvalue weighted by molar-refractivity contribution is -0.118. The minimum Gasteiger partial charge on any atom is -0.463 e. The third-order valence-corrected chi connectivity index (χ3v) is 3.26. The Morgan fingerprint density at radius 2 is 2.56 bits per heavy atom. The van der Waals surface area contributed by atoms with Gasteiger partial charge in [-0.1, -0.05) is 18.7 Å². The van der Waals surface area contributed by atoms with Crippen LogP contribution in [0.15, 0.2) is 33.0 Å². The quantitative estimate of drug-likeness (QED) is 0.641. The molecule has 1 aromatic heterocycles. The number of thioether (sulfide) groups is 1. The van der Waals surface area contributed by atoms with Crippen molar-refractivity contribution in [2.75, 3.05) is 0 Å². The molecule has 0 aromatic carbocycles. The number of nitrogens with one attached hydrogen (secondary N) is 1. The molecule has 0 saturated carbocycles. The van der Waals surface area contributed by atoms with Crippen LogP contribution in [0.1, 0.15) is 19.1 Å². The maximum absolute atomic E-state index is 11.3. The molecule has 0 bridgehead atoms. The smallest absolute Gasteiger partial charge is 0.239 e. The van der Waals surface area contributed by atoms with Gasteiger partial charge in [-0.15, -0.1) is 5.10 Å². The number of nitrogens with zero attached hydrogens (tertiary/aromatic N) is 2. The number of amides is 1. The fourth-order valence-corrected chi connectivity index (χ4v) is 2.08. The highest BCUT2D eigenvalue weighted by molar-refractivity contribution is 8.15. The minimum absolute atomic E-state index is 0.000511. The first-order valence-corrected chi connectivity index (χ1v) is 5.79. The fourth-order valence-electron chi connectivity index (χ4n) is 1.22. The first-order valence-electron chi connectivity index (χ1n) is 4.91. The van der Waals surface area contributed by atoms with Gasteiger partial charge in [0.2, 0.25) is 5.91 Å². The molecule has 2 heterocycles. The van der Waals surface area contributed by atoms with Crippen LogP contribution in [0.25, 0.3) is 0 Å². The molecule has 84 valence electrons. The zero-order chi connectivity index (χ0) is 11.4. The van der Waals surface area contributed by atoms with E-state index in [9.17, 15) is 4.79 Å². The van der Waals surface area contributed by atoms with E-state index < -0.39 is 0 Å². The third kappa shape index (κ3) is 2.52. The number of furan rings is 1. The Balaban J connectivity index is 1.97. The van der Waals surface area contributed by atoms with Gasteiger partial charge in [0.25, 0.3) is 0 Å². The number of hydrogen-bond donors (Lipinski definition) is 1. The van der Waals surface area contributed by atoms with Crippen LogP contribution in [0, 0.1) is 0 Å².